The van der Waals surface area contributed by atoms with Gasteiger partial charge in [-0.1, -0.05) is 6.92 Å². The standard InChI is InChI=1S/C8H14O2/c1-2-8-5-7(6-9)3-4-10-8/h6-8H,2-5H2,1H3. The molecule has 58 valence electrons. The molecule has 1 saturated heterocycles. The fraction of sp³-hybridized carbons (Fsp3) is 0.875. The van der Waals surface area contributed by atoms with Crippen LogP contribution in [0.2, 0.25) is 0 Å². The Morgan fingerprint density at radius 1 is 1.70 bits per heavy atom. The van der Waals surface area contributed by atoms with Gasteiger partial charge in [-0.15, -0.1) is 0 Å². The summed E-state index contributed by atoms with van der Waals surface area (Å²) in [5, 5.41) is 0. The molecule has 1 aliphatic rings. The zero-order valence-electron chi connectivity index (χ0n) is 6.38. The van der Waals surface area contributed by atoms with Gasteiger partial charge in [0.25, 0.3) is 0 Å². The van der Waals surface area contributed by atoms with Gasteiger partial charge < -0.3 is 9.53 Å². The summed E-state index contributed by atoms with van der Waals surface area (Å²) in [5.41, 5.74) is 0. The number of aldehydes is 1. The Morgan fingerprint density at radius 3 is 3.10 bits per heavy atom. The van der Waals surface area contributed by atoms with Gasteiger partial charge >= 0.3 is 0 Å². The zero-order valence-corrected chi connectivity index (χ0v) is 6.38. The van der Waals surface area contributed by atoms with Crippen molar-refractivity contribution in [2.45, 2.75) is 32.3 Å². The molecule has 1 fully saturated rings. The minimum atomic E-state index is 0.263. The highest BCUT2D eigenvalue weighted by molar-refractivity contribution is 5.53. The first-order chi connectivity index (χ1) is 4.86. The van der Waals surface area contributed by atoms with Crippen molar-refractivity contribution in [3.8, 4) is 0 Å². The average Bonchev–Trinajstić information content (AvgIpc) is 2.05. The van der Waals surface area contributed by atoms with E-state index in [1.165, 1.54) is 0 Å². The molecule has 0 saturated carbocycles. The van der Waals surface area contributed by atoms with Crippen molar-refractivity contribution in [3.05, 3.63) is 0 Å². The van der Waals surface area contributed by atoms with E-state index < -0.39 is 0 Å². The molecule has 0 aliphatic carbocycles. The number of ether oxygens (including phenoxy) is 1. The summed E-state index contributed by atoms with van der Waals surface area (Å²) in [4.78, 5) is 10.4. The van der Waals surface area contributed by atoms with Gasteiger partial charge in [0, 0.05) is 12.5 Å². The maximum absolute atomic E-state index is 10.4. The molecule has 0 N–H and O–H groups in total. The maximum atomic E-state index is 10.4. The van der Waals surface area contributed by atoms with Crippen LogP contribution in [0, 0.1) is 5.92 Å². The van der Waals surface area contributed by atoms with Crippen molar-refractivity contribution in [2.75, 3.05) is 6.61 Å². The lowest BCUT2D eigenvalue weighted by molar-refractivity contribution is -0.115. The quantitative estimate of drug-likeness (QED) is 0.544. The number of hydrogen-bond donors (Lipinski definition) is 0. The van der Waals surface area contributed by atoms with Gasteiger partial charge in [0.1, 0.15) is 6.29 Å². The van der Waals surface area contributed by atoms with Crippen LogP contribution in [0.15, 0.2) is 0 Å². The van der Waals surface area contributed by atoms with Gasteiger partial charge in [-0.25, -0.2) is 0 Å². The Balaban J connectivity index is 2.31. The van der Waals surface area contributed by atoms with Crippen LogP contribution in [0.5, 0.6) is 0 Å². The lowest BCUT2D eigenvalue weighted by Crippen LogP contribution is -2.25. The first-order valence-corrected chi connectivity index (χ1v) is 3.93. The smallest absolute Gasteiger partial charge is 0.123 e. The molecule has 0 aromatic heterocycles. The lowest BCUT2D eigenvalue weighted by atomic mass is 9.96. The van der Waals surface area contributed by atoms with Crippen LogP contribution in [0.4, 0.5) is 0 Å². The summed E-state index contributed by atoms with van der Waals surface area (Å²) < 4.78 is 5.40. The highest BCUT2D eigenvalue weighted by Gasteiger charge is 2.19. The minimum absolute atomic E-state index is 0.263. The minimum Gasteiger partial charge on any atom is -0.378 e. The van der Waals surface area contributed by atoms with Crippen molar-refractivity contribution in [3.63, 3.8) is 0 Å². The summed E-state index contributed by atoms with van der Waals surface area (Å²) in [6.45, 7) is 2.86. The molecule has 2 heteroatoms. The van der Waals surface area contributed by atoms with Gasteiger partial charge in [-0.2, -0.15) is 0 Å². The number of carbonyl (C=O) groups excluding carboxylic acids is 1. The molecular weight excluding hydrogens is 128 g/mol. The van der Waals surface area contributed by atoms with E-state index in [-0.39, 0.29) is 5.92 Å². The highest BCUT2D eigenvalue weighted by atomic mass is 16.5. The van der Waals surface area contributed by atoms with Crippen LogP contribution in [0.1, 0.15) is 26.2 Å². The average molecular weight is 142 g/mol. The fourth-order valence-electron chi connectivity index (χ4n) is 1.32. The van der Waals surface area contributed by atoms with E-state index in [9.17, 15) is 4.79 Å². The zero-order chi connectivity index (χ0) is 7.40. The first kappa shape index (κ1) is 7.73. The van der Waals surface area contributed by atoms with E-state index in [0.29, 0.717) is 6.10 Å². The second-order valence-corrected chi connectivity index (χ2v) is 2.82. The molecule has 0 amide bonds. The van der Waals surface area contributed by atoms with E-state index in [4.69, 9.17) is 4.74 Å². The van der Waals surface area contributed by atoms with Crippen molar-refractivity contribution in [1.29, 1.82) is 0 Å². The van der Waals surface area contributed by atoms with E-state index in [1.807, 2.05) is 0 Å². The number of rotatable bonds is 2. The Hall–Kier alpha value is -0.370. The molecule has 2 atom stereocenters. The fourth-order valence-corrected chi connectivity index (χ4v) is 1.32. The van der Waals surface area contributed by atoms with Gasteiger partial charge in [0.2, 0.25) is 0 Å². The van der Waals surface area contributed by atoms with E-state index >= 15 is 0 Å². The Labute approximate surface area is 61.6 Å². The Morgan fingerprint density at radius 2 is 2.50 bits per heavy atom. The second kappa shape index (κ2) is 3.71. The Kier molecular flexibility index (Phi) is 2.87. The SMILES string of the molecule is CCC1CC(C=O)CCO1. The lowest BCUT2D eigenvalue weighted by Gasteiger charge is -2.25. The highest BCUT2D eigenvalue weighted by Crippen LogP contribution is 2.19. The number of hydrogen-bond acceptors (Lipinski definition) is 2. The molecule has 2 nitrogen and oxygen atoms in total. The van der Waals surface area contributed by atoms with Crippen LogP contribution in [0.3, 0.4) is 0 Å². The Bertz CT molecular complexity index is 112. The molecule has 1 aliphatic heterocycles. The third kappa shape index (κ3) is 1.81. The van der Waals surface area contributed by atoms with Crippen molar-refractivity contribution >= 4 is 6.29 Å². The molecule has 0 aromatic carbocycles. The van der Waals surface area contributed by atoms with Crippen LogP contribution in [-0.4, -0.2) is 19.0 Å². The summed E-state index contributed by atoms with van der Waals surface area (Å²) >= 11 is 0. The number of carbonyl (C=O) groups is 1. The topological polar surface area (TPSA) is 26.3 Å². The molecular formula is C8H14O2. The van der Waals surface area contributed by atoms with Crippen LogP contribution in [0.25, 0.3) is 0 Å². The molecule has 2 unspecified atom stereocenters. The van der Waals surface area contributed by atoms with Gasteiger partial charge in [0.05, 0.1) is 6.10 Å². The predicted molar refractivity (Wildman–Crippen MR) is 38.8 cm³/mol. The van der Waals surface area contributed by atoms with Crippen LogP contribution >= 0.6 is 0 Å². The van der Waals surface area contributed by atoms with Crippen molar-refractivity contribution in [2.24, 2.45) is 5.92 Å². The van der Waals surface area contributed by atoms with E-state index in [2.05, 4.69) is 6.92 Å². The van der Waals surface area contributed by atoms with Crippen LogP contribution in [-0.2, 0) is 9.53 Å². The third-order valence-electron chi connectivity index (χ3n) is 2.06. The van der Waals surface area contributed by atoms with Crippen molar-refractivity contribution in [1.82, 2.24) is 0 Å². The molecule has 0 radical (unpaired) electrons. The van der Waals surface area contributed by atoms with E-state index in [1.54, 1.807) is 0 Å². The maximum Gasteiger partial charge on any atom is 0.123 e. The van der Waals surface area contributed by atoms with Gasteiger partial charge in [-0.05, 0) is 19.3 Å². The first-order valence-electron chi connectivity index (χ1n) is 3.93. The van der Waals surface area contributed by atoms with E-state index in [0.717, 1.165) is 32.2 Å². The van der Waals surface area contributed by atoms with Gasteiger partial charge in [-0.3, -0.25) is 0 Å². The molecule has 1 rings (SSSR count). The van der Waals surface area contributed by atoms with Crippen LogP contribution < -0.4 is 0 Å². The monoisotopic (exact) mass is 142 g/mol. The second-order valence-electron chi connectivity index (χ2n) is 2.82. The van der Waals surface area contributed by atoms with Crippen molar-refractivity contribution < 1.29 is 9.53 Å². The molecule has 0 aromatic rings. The summed E-state index contributed by atoms with van der Waals surface area (Å²) in [6.07, 6.45) is 4.28. The third-order valence-corrected chi connectivity index (χ3v) is 2.06. The normalized spacial score (nSPS) is 33.7. The largest absolute Gasteiger partial charge is 0.378 e. The predicted octanol–water partition coefficient (Wildman–Crippen LogP) is 1.39. The molecule has 10 heavy (non-hydrogen) atoms. The van der Waals surface area contributed by atoms with Gasteiger partial charge in [0.15, 0.2) is 0 Å². The summed E-state index contributed by atoms with van der Waals surface area (Å²) in [7, 11) is 0. The molecule has 0 spiro atoms. The molecule has 1 heterocycles. The summed E-state index contributed by atoms with van der Waals surface area (Å²) in [6, 6.07) is 0. The molecule has 0 bridgehead atoms. The summed E-state index contributed by atoms with van der Waals surface area (Å²) in [5.74, 6) is 0.263.